The fourth-order valence-electron chi connectivity index (χ4n) is 7.40. The lowest BCUT2D eigenvalue weighted by atomic mass is 9.48. The van der Waals surface area contributed by atoms with Gasteiger partial charge in [-0.2, -0.15) is 0 Å². The summed E-state index contributed by atoms with van der Waals surface area (Å²) < 4.78 is 11.9. The minimum absolute atomic E-state index is 0.0609. The highest BCUT2D eigenvalue weighted by atomic mass is 16.5. The van der Waals surface area contributed by atoms with Crippen LogP contribution >= 0.6 is 0 Å². The molecule has 1 aromatic carbocycles. The number of carbonyl (C=O) groups excluding carboxylic acids is 1. The van der Waals surface area contributed by atoms with Crippen LogP contribution in [-0.2, 0) is 16.6 Å². The second-order valence-electron chi connectivity index (χ2n) is 10.5. The summed E-state index contributed by atoms with van der Waals surface area (Å²) in [4.78, 5) is 17.3. The van der Waals surface area contributed by atoms with E-state index in [1.165, 1.54) is 0 Å². The van der Waals surface area contributed by atoms with Crippen molar-refractivity contribution in [1.29, 1.82) is 0 Å². The quantitative estimate of drug-likeness (QED) is 0.509. The lowest BCUT2D eigenvalue weighted by Crippen LogP contribution is -2.78. The summed E-state index contributed by atoms with van der Waals surface area (Å²) in [6, 6.07) is 5.20. The summed E-state index contributed by atoms with van der Waals surface area (Å²) in [5, 5.41) is 23.2. The Morgan fingerprint density at radius 2 is 2.17 bits per heavy atom. The summed E-state index contributed by atoms with van der Waals surface area (Å²) >= 11 is 0. The maximum absolute atomic E-state index is 13.2. The van der Waals surface area contributed by atoms with Gasteiger partial charge < -0.3 is 24.3 Å². The second-order valence-corrected chi connectivity index (χ2v) is 10.5. The minimum Gasteiger partial charge on any atom is -0.504 e. The molecule has 1 amide bonds. The number of phenolic OH excluding ortho intramolecular Hbond substituents is 1. The molecule has 2 fully saturated rings. The van der Waals surface area contributed by atoms with E-state index >= 15 is 0 Å². The van der Waals surface area contributed by atoms with Crippen LogP contribution in [0.5, 0.6) is 11.5 Å². The number of amides is 1. The van der Waals surface area contributed by atoms with Crippen molar-refractivity contribution < 1.29 is 24.2 Å². The number of aromatic hydroxyl groups is 1. The highest BCUT2D eigenvalue weighted by Gasteiger charge is 2.73. The van der Waals surface area contributed by atoms with E-state index in [1.54, 1.807) is 36.4 Å². The van der Waals surface area contributed by atoms with Crippen LogP contribution in [0.15, 0.2) is 47.6 Å². The first-order chi connectivity index (χ1) is 16.8. The summed E-state index contributed by atoms with van der Waals surface area (Å²) in [5.74, 6) is 1.22. The SMILES string of the molecule is C=CCN1CC[C@]23c4c5ccc(O)c4O[C@H]2[C@H](N(C)C(=O)/C=C/c2ccoc2C)CC[C@@]3(O)[C@H]1C5. The predicted molar refractivity (Wildman–Crippen MR) is 131 cm³/mol. The van der Waals surface area contributed by atoms with E-state index in [0.717, 1.165) is 35.5 Å². The molecular formula is C28H32N2O5. The number of likely N-dealkylation sites (N-methyl/N-ethyl adjacent to an activating group) is 1. The van der Waals surface area contributed by atoms with Gasteiger partial charge in [0.05, 0.1) is 23.3 Å². The maximum atomic E-state index is 13.2. The van der Waals surface area contributed by atoms with Crippen LogP contribution in [0.4, 0.5) is 0 Å². The van der Waals surface area contributed by atoms with Crippen LogP contribution in [-0.4, -0.2) is 69.8 Å². The fraction of sp³-hybridized carbons (Fsp3) is 0.464. The maximum Gasteiger partial charge on any atom is 0.246 e. The summed E-state index contributed by atoms with van der Waals surface area (Å²) in [7, 11) is 1.81. The van der Waals surface area contributed by atoms with Gasteiger partial charge in [0.2, 0.25) is 5.91 Å². The average molecular weight is 477 g/mol. The largest absolute Gasteiger partial charge is 0.504 e. The highest BCUT2D eigenvalue weighted by molar-refractivity contribution is 5.92. The number of phenols is 1. The number of aliphatic hydroxyl groups is 1. The van der Waals surface area contributed by atoms with Crippen LogP contribution in [0.25, 0.3) is 6.08 Å². The molecule has 2 N–H and O–H groups in total. The molecule has 4 aliphatic rings. The molecule has 1 saturated carbocycles. The summed E-state index contributed by atoms with van der Waals surface area (Å²) in [6.07, 6.45) is 8.99. The number of piperidine rings is 1. The van der Waals surface area contributed by atoms with Gasteiger partial charge in [-0.15, -0.1) is 6.58 Å². The third-order valence-corrected chi connectivity index (χ3v) is 9.05. The summed E-state index contributed by atoms with van der Waals surface area (Å²) in [5.41, 5.74) is 1.27. The van der Waals surface area contributed by atoms with Gasteiger partial charge in [0, 0.05) is 36.8 Å². The average Bonchev–Trinajstić information content (AvgIpc) is 3.41. The van der Waals surface area contributed by atoms with E-state index in [-0.39, 0.29) is 23.7 Å². The molecule has 2 bridgehead atoms. The van der Waals surface area contributed by atoms with Crippen LogP contribution in [0, 0.1) is 6.92 Å². The number of likely N-dealkylation sites (tertiary alicyclic amines) is 1. The van der Waals surface area contributed by atoms with Gasteiger partial charge in [0.15, 0.2) is 11.5 Å². The van der Waals surface area contributed by atoms with E-state index in [2.05, 4.69) is 11.5 Å². The molecule has 7 heteroatoms. The predicted octanol–water partition coefficient (Wildman–Crippen LogP) is 3.17. The van der Waals surface area contributed by atoms with Gasteiger partial charge in [-0.3, -0.25) is 9.69 Å². The molecule has 0 radical (unpaired) electrons. The molecule has 2 aliphatic heterocycles. The number of benzene rings is 1. The Hall–Kier alpha value is -3.03. The Bertz CT molecular complexity index is 1230. The third kappa shape index (κ3) is 2.88. The Kier molecular flexibility index (Phi) is 4.96. The Balaban J connectivity index is 1.40. The monoisotopic (exact) mass is 476 g/mol. The minimum atomic E-state index is -1.00. The molecule has 0 unspecified atom stereocenters. The zero-order valence-corrected chi connectivity index (χ0v) is 20.2. The number of aryl methyl sites for hydroxylation is 1. The molecule has 35 heavy (non-hydrogen) atoms. The molecule has 5 atom stereocenters. The Morgan fingerprint density at radius 1 is 1.34 bits per heavy atom. The van der Waals surface area contributed by atoms with Gasteiger partial charge in [-0.05, 0) is 62.9 Å². The molecule has 7 nitrogen and oxygen atoms in total. The van der Waals surface area contributed by atoms with Crippen LogP contribution in [0.2, 0.25) is 0 Å². The molecule has 1 spiro atoms. The molecule has 1 saturated heterocycles. The van der Waals surface area contributed by atoms with Crippen molar-refractivity contribution in [3.63, 3.8) is 0 Å². The topological polar surface area (TPSA) is 86.4 Å². The van der Waals surface area contributed by atoms with E-state index in [1.807, 2.05) is 25.1 Å². The molecule has 2 aliphatic carbocycles. The second kappa shape index (κ2) is 7.73. The molecule has 1 aromatic heterocycles. The Morgan fingerprint density at radius 3 is 2.91 bits per heavy atom. The van der Waals surface area contributed by atoms with Gasteiger partial charge >= 0.3 is 0 Å². The van der Waals surface area contributed by atoms with Gasteiger partial charge in [-0.1, -0.05) is 12.1 Å². The van der Waals surface area contributed by atoms with Crippen LogP contribution in [0.3, 0.4) is 0 Å². The molecule has 3 heterocycles. The normalized spacial score (nSPS) is 32.8. The summed E-state index contributed by atoms with van der Waals surface area (Å²) in [6.45, 7) is 7.31. The zero-order valence-electron chi connectivity index (χ0n) is 20.2. The van der Waals surface area contributed by atoms with Crippen molar-refractivity contribution in [2.24, 2.45) is 0 Å². The van der Waals surface area contributed by atoms with Gasteiger partial charge in [0.1, 0.15) is 11.9 Å². The van der Waals surface area contributed by atoms with Crippen molar-refractivity contribution in [2.75, 3.05) is 20.1 Å². The third-order valence-electron chi connectivity index (χ3n) is 9.05. The first-order valence-electron chi connectivity index (χ1n) is 12.4. The van der Waals surface area contributed by atoms with Gasteiger partial charge in [-0.25, -0.2) is 0 Å². The van der Waals surface area contributed by atoms with Crippen molar-refractivity contribution >= 4 is 12.0 Å². The Labute approximate surface area is 205 Å². The first kappa shape index (κ1) is 22.4. The molecule has 184 valence electrons. The van der Waals surface area contributed by atoms with Crippen LogP contribution < -0.4 is 4.74 Å². The number of rotatable bonds is 5. The van der Waals surface area contributed by atoms with E-state index < -0.39 is 17.1 Å². The van der Waals surface area contributed by atoms with Gasteiger partial charge in [0.25, 0.3) is 0 Å². The number of furan rings is 1. The number of ether oxygens (including phenoxy) is 1. The van der Waals surface area contributed by atoms with Crippen molar-refractivity contribution in [2.45, 2.75) is 61.8 Å². The fourth-order valence-corrected chi connectivity index (χ4v) is 7.40. The highest BCUT2D eigenvalue weighted by Crippen LogP contribution is 2.65. The van der Waals surface area contributed by atoms with E-state index in [4.69, 9.17) is 9.15 Å². The van der Waals surface area contributed by atoms with Crippen molar-refractivity contribution in [3.05, 3.63) is 65.6 Å². The molecule has 2 aromatic rings. The van der Waals surface area contributed by atoms with Crippen molar-refractivity contribution in [1.82, 2.24) is 9.80 Å². The number of hydrogen-bond acceptors (Lipinski definition) is 6. The van der Waals surface area contributed by atoms with Crippen molar-refractivity contribution in [3.8, 4) is 11.5 Å². The smallest absolute Gasteiger partial charge is 0.246 e. The lowest BCUT2D eigenvalue weighted by Gasteiger charge is -2.64. The van der Waals surface area contributed by atoms with E-state index in [0.29, 0.717) is 31.4 Å². The standard InChI is InChI=1S/C28H32N2O5/c1-4-13-30-14-12-27-24-19-5-7-21(31)25(24)35-26(27)20(9-11-28(27,33)22(30)16-19)29(3)23(32)8-6-18-10-15-34-17(18)2/h4-8,10,15,20,22,26,31,33H,1,9,11-14,16H2,2-3H3/b8-6+/t20-,22-,26+,27+,28-/m1/s1. The van der Waals surface area contributed by atoms with E-state index in [9.17, 15) is 15.0 Å². The zero-order chi connectivity index (χ0) is 24.5. The molecule has 6 rings (SSSR count). The lowest BCUT2D eigenvalue weighted by molar-refractivity contribution is -0.198. The number of hydrogen-bond donors (Lipinski definition) is 2. The number of nitrogens with zero attached hydrogens (tertiary/aromatic N) is 2. The molecular weight excluding hydrogens is 444 g/mol. The first-order valence-corrected chi connectivity index (χ1v) is 12.4. The number of carbonyl (C=O) groups is 1. The van der Waals surface area contributed by atoms with Crippen LogP contribution in [0.1, 0.15) is 41.7 Å².